The molecule has 0 unspecified atom stereocenters. The zero-order chi connectivity index (χ0) is 17.5. The fraction of sp³-hybridized carbons (Fsp3) is 0.471. The van der Waals surface area contributed by atoms with Crippen molar-refractivity contribution in [1.29, 1.82) is 0 Å². The van der Waals surface area contributed by atoms with Crippen molar-refractivity contribution in [3.05, 3.63) is 29.8 Å². The summed E-state index contributed by atoms with van der Waals surface area (Å²) in [6.07, 6.45) is 4.58. The normalized spacial score (nSPS) is 20.1. The van der Waals surface area contributed by atoms with Gasteiger partial charge in [0.2, 0.25) is 0 Å². The first-order valence-electron chi connectivity index (χ1n) is 8.02. The first-order chi connectivity index (χ1) is 11.5. The van der Waals surface area contributed by atoms with E-state index in [4.69, 9.17) is 10.6 Å². The lowest BCUT2D eigenvalue weighted by molar-refractivity contribution is -0.142. The van der Waals surface area contributed by atoms with E-state index >= 15 is 0 Å². The molecule has 24 heavy (non-hydrogen) atoms. The average molecular weight is 333 g/mol. The van der Waals surface area contributed by atoms with E-state index in [1.165, 1.54) is 12.7 Å². The highest BCUT2D eigenvalue weighted by molar-refractivity contribution is 6.39. The predicted octanol–water partition coefficient (Wildman–Crippen LogP) is 1.45. The topological polar surface area (TPSA) is 111 Å². The highest BCUT2D eigenvalue weighted by Gasteiger charge is 2.24. The van der Waals surface area contributed by atoms with Gasteiger partial charge in [0.15, 0.2) is 0 Å². The van der Waals surface area contributed by atoms with Gasteiger partial charge in [0.05, 0.1) is 7.11 Å². The van der Waals surface area contributed by atoms with E-state index in [-0.39, 0.29) is 5.97 Å². The summed E-state index contributed by atoms with van der Waals surface area (Å²) in [5.74, 6) is 3.95. The molecule has 1 aromatic rings. The van der Waals surface area contributed by atoms with E-state index in [2.05, 4.69) is 5.32 Å². The Morgan fingerprint density at radius 1 is 1.08 bits per heavy atom. The van der Waals surface area contributed by atoms with E-state index in [1.807, 2.05) is 12.1 Å². The summed E-state index contributed by atoms with van der Waals surface area (Å²) in [4.78, 5) is 33.9. The van der Waals surface area contributed by atoms with E-state index in [9.17, 15) is 14.4 Å². The smallest absolute Gasteiger partial charge is 0.323 e. The van der Waals surface area contributed by atoms with Crippen LogP contribution in [0.2, 0.25) is 0 Å². The van der Waals surface area contributed by atoms with Gasteiger partial charge in [-0.3, -0.25) is 19.8 Å². The molecule has 2 rings (SSSR count). The number of nitrogens with one attached hydrogen (secondary N) is 2. The minimum absolute atomic E-state index is 0.139. The third kappa shape index (κ3) is 4.79. The van der Waals surface area contributed by atoms with E-state index in [1.54, 1.807) is 17.6 Å². The molecule has 0 spiro atoms. The Morgan fingerprint density at radius 2 is 1.71 bits per heavy atom. The lowest BCUT2D eigenvalue weighted by Crippen LogP contribution is -2.39. The molecule has 7 nitrogen and oxygen atoms in total. The highest BCUT2D eigenvalue weighted by atomic mass is 16.5. The second-order valence-corrected chi connectivity index (χ2v) is 6.05. The molecule has 130 valence electrons. The zero-order valence-corrected chi connectivity index (χ0v) is 13.7. The van der Waals surface area contributed by atoms with Crippen molar-refractivity contribution in [2.75, 3.05) is 12.4 Å². The van der Waals surface area contributed by atoms with Crippen LogP contribution < -0.4 is 16.6 Å². The maximum absolute atomic E-state index is 11.4. The fourth-order valence-electron chi connectivity index (χ4n) is 3.11. The molecule has 0 atom stereocenters. The van der Waals surface area contributed by atoms with Gasteiger partial charge in [0.25, 0.3) is 0 Å². The van der Waals surface area contributed by atoms with Crippen molar-refractivity contribution in [3.8, 4) is 0 Å². The first-order valence-corrected chi connectivity index (χ1v) is 8.02. The predicted molar refractivity (Wildman–Crippen MR) is 88.7 cm³/mol. The van der Waals surface area contributed by atoms with Crippen molar-refractivity contribution in [2.45, 2.75) is 38.0 Å². The number of anilines is 1. The monoisotopic (exact) mass is 333 g/mol. The molecule has 1 saturated carbocycles. The molecule has 1 aromatic carbocycles. The number of amides is 2. The lowest BCUT2D eigenvalue weighted by Gasteiger charge is -2.28. The molecule has 1 aliphatic rings. The Bertz CT molecular complexity index is 592. The number of esters is 1. The molecule has 0 aromatic heterocycles. The standard InChI is InChI=1S/C17H23N3O4/c1-24-15(21)10-11-2-4-12(5-3-11)13-6-8-14(9-7-13)19-16(22)17(23)20-18/h6-9,11-12H,2-5,10,18H2,1H3,(H,19,22)(H,20,23). The van der Waals surface area contributed by atoms with Crippen molar-refractivity contribution < 1.29 is 19.1 Å². The second-order valence-electron chi connectivity index (χ2n) is 6.05. The molecule has 4 N–H and O–H groups in total. The van der Waals surface area contributed by atoms with Gasteiger partial charge in [0.1, 0.15) is 0 Å². The van der Waals surface area contributed by atoms with Crippen molar-refractivity contribution >= 4 is 23.5 Å². The van der Waals surface area contributed by atoms with Gasteiger partial charge in [-0.05, 0) is 55.2 Å². The van der Waals surface area contributed by atoms with Crippen LogP contribution in [0, 0.1) is 5.92 Å². The van der Waals surface area contributed by atoms with Crippen LogP contribution in [0.3, 0.4) is 0 Å². The van der Waals surface area contributed by atoms with Crippen LogP contribution in [0.25, 0.3) is 0 Å². The molecule has 0 heterocycles. The number of nitrogens with two attached hydrogens (primary N) is 1. The number of hydrogen-bond acceptors (Lipinski definition) is 5. The maximum Gasteiger partial charge on any atom is 0.323 e. The number of methoxy groups -OCH3 is 1. The number of benzene rings is 1. The van der Waals surface area contributed by atoms with Crippen LogP contribution in [0.5, 0.6) is 0 Å². The summed E-state index contributed by atoms with van der Waals surface area (Å²) in [6.45, 7) is 0. The van der Waals surface area contributed by atoms with Gasteiger partial charge in [-0.25, -0.2) is 5.84 Å². The number of hydrazine groups is 1. The molecule has 0 bridgehead atoms. The van der Waals surface area contributed by atoms with Gasteiger partial charge >= 0.3 is 17.8 Å². The third-order valence-corrected chi connectivity index (χ3v) is 4.51. The van der Waals surface area contributed by atoms with Gasteiger partial charge in [-0.1, -0.05) is 12.1 Å². The van der Waals surface area contributed by atoms with Gasteiger partial charge in [-0.2, -0.15) is 0 Å². The first kappa shape index (κ1) is 17.9. The van der Waals surface area contributed by atoms with E-state index < -0.39 is 11.8 Å². The molecule has 0 aliphatic heterocycles. The molecular formula is C17H23N3O4. The highest BCUT2D eigenvalue weighted by Crippen LogP contribution is 2.37. The Morgan fingerprint density at radius 3 is 2.25 bits per heavy atom. The Hall–Kier alpha value is -2.41. The van der Waals surface area contributed by atoms with Crippen LogP contribution in [0.15, 0.2) is 24.3 Å². The third-order valence-electron chi connectivity index (χ3n) is 4.51. The molecule has 1 aliphatic carbocycles. The Labute approximate surface area is 140 Å². The summed E-state index contributed by atoms with van der Waals surface area (Å²) in [5.41, 5.74) is 3.54. The zero-order valence-electron chi connectivity index (χ0n) is 13.7. The summed E-state index contributed by atoms with van der Waals surface area (Å²) < 4.78 is 4.72. The summed E-state index contributed by atoms with van der Waals surface area (Å²) >= 11 is 0. The number of carbonyl (C=O) groups excluding carboxylic acids is 3. The second kappa shape index (κ2) is 8.44. The maximum atomic E-state index is 11.4. The summed E-state index contributed by atoms with van der Waals surface area (Å²) in [5, 5.41) is 2.48. The van der Waals surface area contributed by atoms with Crippen LogP contribution in [-0.4, -0.2) is 24.9 Å². The van der Waals surface area contributed by atoms with Gasteiger partial charge in [-0.15, -0.1) is 0 Å². The summed E-state index contributed by atoms with van der Waals surface area (Å²) in [7, 11) is 1.42. The molecule has 0 saturated heterocycles. The molecule has 0 radical (unpaired) electrons. The van der Waals surface area contributed by atoms with E-state index in [0.29, 0.717) is 23.9 Å². The van der Waals surface area contributed by atoms with Crippen molar-refractivity contribution in [3.63, 3.8) is 0 Å². The minimum Gasteiger partial charge on any atom is -0.469 e. The number of hydrogen-bond donors (Lipinski definition) is 3. The van der Waals surface area contributed by atoms with Crippen molar-refractivity contribution in [1.82, 2.24) is 5.43 Å². The van der Waals surface area contributed by atoms with Gasteiger partial charge in [0, 0.05) is 12.1 Å². The molecule has 7 heteroatoms. The number of carbonyl (C=O) groups is 3. The average Bonchev–Trinajstić information content (AvgIpc) is 2.62. The Balaban J connectivity index is 1.87. The van der Waals surface area contributed by atoms with Crippen molar-refractivity contribution in [2.24, 2.45) is 11.8 Å². The number of rotatable bonds is 4. The fourth-order valence-corrected chi connectivity index (χ4v) is 3.11. The SMILES string of the molecule is COC(=O)CC1CCC(c2ccc(NC(=O)C(=O)NN)cc2)CC1. The molecule has 2 amide bonds. The van der Waals surface area contributed by atoms with Crippen LogP contribution in [0.4, 0.5) is 5.69 Å². The summed E-state index contributed by atoms with van der Waals surface area (Å²) in [6, 6.07) is 7.47. The molecule has 1 fully saturated rings. The quantitative estimate of drug-likeness (QED) is 0.254. The van der Waals surface area contributed by atoms with E-state index in [0.717, 1.165) is 25.7 Å². The van der Waals surface area contributed by atoms with Crippen LogP contribution in [-0.2, 0) is 19.1 Å². The van der Waals surface area contributed by atoms with Gasteiger partial charge < -0.3 is 10.1 Å². The lowest BCUT2D eigenvalue weighted by atomic mass is 9.77. The van der Waals surface area contributed by atoms with Crippen LogP contribution >= 0.6 is 0 Å². The largest absolute Gasteiger partial charge is 0.469 e. The number of ether oxygens (including phenoxy) is 1. The Kier molecular flexibility index (Phi) is 6.31. The van der Waals surface area contributed by atoms with Crippen LogP contribution in [0.1, 0.15) is 43.6 Å². The molecular weight excluding hydrogens is 310 g/mol. The minimum atomic E-state index is -0.886.